The largest absolute Gasteiger partial charge is 0.247 e. The number of aromatic amines is 3. The molecule has 0 spiro atoms. The summed E-state index contributed by atoms with van der Waals surface area (Å²) in [7, 11) is 0. The van der Waals surface area contributed by atoms with E-state index in [1.807, 2.05) is 36.4 Å². The topological polar surface area (TPSA) is 129 Å². The first-order chi connectivity index (χ1) is 22.3. The lowest BCUT2D eigenvalue weighted by Gasteiger charge is -2.09. The molecular weight excluding hydrogens is 560 g/mol. The quantitative estimate of drug-likeness (QED) is 0.158. The Labute approximate surface area is 260 Å². The first kappa shape index (κ1) is 28.0. The number of tetrazole rings is 2. The summed E-state index contributed by atoms with van der Waals surface area (Å²) in [6, 6.07) is 33.8. The molecule has 0 fully saturated rings. The van der Waals surface area contributed by atoms with Crippen molar-refractivity contribution in [3.8, 4) is 45.0 Å². The smallest absolute Gasteiger partial charge is 0.242 e. The van der Waals surface area contributed by atoms with Crippen LogP contribution in [0.1, 0.15) is 42.3 Å². The molecule has 45 heavy (non-hydrogen) atoms. The molecule has 0 atom stereocenters. The molecule has 0 saturated carbocycles. The summed E-state index contributed by atoms with van der Waals surface area (Å²) in [4.78, 5) is 3.60. The van der Waals surface area contributed by atoms with Crippen LogP contribution in [0.3, 0.4) is 0 Å². The number of aromatic nitrogens is 10. The number of hydrogen-bond donors (Lipinski definition) is 3. The summed E-state index contributed by atoms with van der Waals surface area (Å²) in [5, 5.41) is 29.3. The van der Waals surface area contributed by atoms with Crippen molar-refractivity contribution >= 4 is 0 Å². The number of imidazole rings is 1. The van der Waals surface area contributed by atoms with Crippen molar-refractivity contribution in [2.24, 2.45) is 0 Å². The predicted octanol–water partition coefficient (Wildman–Crippen LogP) is 5.98. The van der Waals surface area contributed by atoms with Gasteiger partial charge in [0, 0.05) is 24.0 Å². The third kappa shape index (κ3) is 6.03. The van der Waals surface area contributed by atoms with Crippen LogP contribution in [0.5, 0.6) is 0 Å². The molecule has 10 nitrogen and oxygen atoms in total. The molecule has 3 N–H and O–H groups in total. The molecule has 7 rings (SSSR count). The predicted molar refractivity (Wildman–Crippen MR) is 172 cm³/mol. The minimum atomic E-state index is 0.592. The molecule has 222 valence electrons. The maximum atomic E-state index is 4.18. The van der Waals surface area contributed by atoms with E-state index in [1.54, 1.807) is 0 Å². The number of nitrogens with zero attached hydrogens (tertiary/aromatic N) is 7. The van der Waals surface area contributed by atoms with Gasteiger partial charge in [0.15, 0.2) is 0 Å². The van der Waals surface area contributed by atoms with Crippen LogP contribution in [0.2, 0.25) is 0 Å². The maximum absolute atomic E-state index is 4.18. The van der Waals surface area contributed by atoms with Crippen LogP contribution >= 0.6 is 0 Å². The van der Waals surface area contributed by atoms with Gasteiger partial charge in [-0.05, 0) is 50.2 Å². The second-order valence-corrected chi connectivity index (χ2v) is 11.1. The second-order valence-electron chi connectivity index (χ2n) is 11.1. The van der Waals surface area contributed by atoms with Gasteiger partial charge in [0.25, 0.3) is 0 Å². The Balaban J connectivity index is 1.10. The monoisotopic (exact) mass is 593 g/mol. The van der Waals surface area contributed by atoms with Gasteiger partial charge in [0.2, 0.25) is 18.0 Å². The average Bonchev–Trinajstić information content (AvgIpc) is 3.89. The summed E-state index contributed by atoms with van der Waals surface area (Å²) in [5.74, 6) is 1.18. The van der Waals surface area contributed by atoms with Crippen molar-refractivity contribution < 1.29 is 4.57 Å². The van der Waals surface area contributed by atoms with Gasteiger partial charge >= 0.3 is 0 Å². The zero-order chi connectivity index (χ0) is 30.4. The van der Waals surface area contributed by atoms with Gasteiger partial charge in [-0.3, -0.25) is 0 Å². The van der Waals surface area contributed by atoms with Crippen LogP contribution < -0.4 is 4.57 Å². The third-order valence-corrected chi connectivity index (χ3v) is 8.15. The van der Waals surface area contributed by atoms with E-state index in [4.69, 9.17) is 0 Å². The Hall–Kier alpha value is -5.77. The molecule has 3 heterocycles. The molecule has 10 heteroatoms. The van der Waals surface area contributed by atoms with E-state index in [-0.39, 0.29) is 0 Å². The molecule has 4 aromatic carbocycles. The van der Waals surface area contributed by atoms with Gasteiger partial charge in [-0.25, -0.2) is 9.55 Å². The molecular formula is C35H33N10+. The average molecular weight is 594 g/mol. The fraction of sp³-hybridized carbons (Fsp3) is 0.171. The minimum Gasteiger partial charge on any atom is -0.247 e. The van der Waals surface area contributed by atoms with Crippen LogP contribution in [-0.2, 0) is 19.4 Å². The van der Waals surface area contributed by atoms with Crippen LogP contribution in [0, 0.1) is 0 Å². The number of unbranched alkanes of at least 4 members (excludes halogenated alkanes) is 1. The highest BCUT2D eigenvalue weighted by Crippen LogP contribution is 2.31. The SMILES string of the molecule is CCCCc1c(Cc2ccc(-c3ccccc3-c3nn[nH]n3)cc2)[nH]c[n+]1Cc1ccc(-c2ccccc2-c2nn[nH]n2)cc1. The highest BCUT2D eigenvalue weighted by Gasteiger charge is 2.19. The molecule has 0 aliphatic heterocycles. The molecule has 3 aromatic heterocycles. The zero-order valence-electron chi connectivity index (χ0n) is 25.0. The standard InChI is InChI=1S/C35H32N10/c1-2-3-12-33-32(21-24-13-17-26(18-14-24)28-8-4-6-10-30(28)34-37-41-42-38-34)36-23-45(33)22-25-15-19-27(20-16-25)29-9-5-7-11-31(29)35-39-43-44-40-35/h4-11,13-20,23H,2-3,12,21-22H2,1H3,(H2,37,38,39,40,41,42,43,44)/p+1. The molecule has 0 bridgehead atoms. The summed E-state index contributed by atoms with van der Waals surface area (Å²) in [6.45, 7) is 3.04. The summed E-state index contributed by atoms with van der Waals surface area (Å²) in [6.07, 6.45) is 6.28. The normalized spacial score (nSPS) is 11.2. The fourth-order valence-corrected chi connectivity index (χ4v) is 5.83. The van der Waals surface area contributed by atoms with E-state index in [2.05, 4.69) is 125 Å². The number of hydrogen-bond acceptors (Lipinski definition) is 6. The number of benzene rings is 4. The summed E-state index contributed by atoms with van der Waals surface area (Å²) < 4.78 is 2.36. The molecule has 0 amide bonds. The van der Waals surface area contributed by atoms with E-state index >= 15 is 0 Å². The second kappa shape index (κ2) is 12.8. The Morgan fingerprint density at radius 1 is 0.622 bits per heavy atom. The number of rotatable bonds is 11. The third-order valence-electron chi connectivity index (χ3n) is 8.15. The van der Waals surface area contributed by atoms with Crippen molar-refractivity contribution in [2.75, 3.05) is 0 Å². The van der Waals surface area contributed by atoms with Crippen molar-refractivity contribution in [3.05, 3.63) is 126 Å². The molecule has 0 radical (unpaired) electrons. The lowest BCUT2D eigenvalue weighted by atomic mass is 9.97. The zero-order valence-corrected chi connectivity index (χ0v) is 25.0. The van der Waals surface area contributed by atoms with Crippen LogP contribution in [0.25, 0.3) is 45.0 Å². The Kier molecular flexibility index (Phi) is 8.00. The molecule has 0 unspecified atom stereocenters. The fourth-order valence-electron chi connectivity index (χ4n) is 5.83. The van der Waals surface area contributed by atoms with Crippen molar-refractivity contribution in [3.63, 3.8) is 0 Å². The van der Waals surface area contributed by atoms with E-state index in [0.29, 0.717) is 11.6 Å². The summed E-state index contributed by atoms with van der Waals surface area (Å²) >= 11 is 0. The first-order valence-electron chi connectivity index (χ1n) is 15.2. The molecule has 0 aliphatic carbocycles. The van der Waals surface area contributed by atoms with Gasteiger partial charge in [0.05, 0.1) is 0 Å². The van der Waals surface area contributed by atoms with Crippen LogP contribution in [-0.4, -0.2) is 46.2 Å². The minimum absolute atomic E-state index is 0.592. The number of nitrogens with one attached hydrogen (secondary N) is 3. The van der Waals surface area contributed by atoms with Crippen molar-refractivity contribution in [2.45, 2.75) is 39.2 Å². The van der Waals surface area contributed by atoms with Crippen LogP contribution in [0.4, 0.5) is 0 Å². The Morgan fingerprint density at radius 2 is 1.16 bits per heavy atom. The van der Waals surface area contributed by atoms with Gasteiger partial charge < -0.3 is 0 Å². The lowest BCUT2D eigenvalue weighted by Crippen LogP contribution is -2.36. The lowest BCUT2D eigenvalue weighted by molar-refractivity contribution is -0.694. The van der Waals surface area contributed by atoms with Crippen molar-refractivity contribution in [1.29, 1.82) is 0 Å². The van der Waals surface area contributed by atoms with Gasteiger partial charge in [0.1, 0.15) is 17.9 Å². The Morgan fingerprint density at radius 3 is 1.67 bits per heavy atom. The molecule has 0 aliphatic rings. The highest BCUT2D eigenvalue weighted by molar-refractivity contribution is 5.81. The van der Waals surface area contributed by atoms with E-state index in [0.717, 1.165) is 65.6 Å². The van der Waals surface area contributed by atoms with E-state index in [1.165, 1.54) is 22.5 Å². The van der Waals surface area contributed by atoms with Gasteiger partial charge in [-0.1, -0.05) is 110 Å². The van der Waals surface area contributed by atoms with Gasteiger partial charge in [-0.15, -0.1) is 20.4 Å². The number of H-pyrrole nitrogens is 3. The highest BCUT2D eigenvalue weighted by atomic mass is 15.5. The Bertz CT molecular complexity index is 1830. The van der Waals surface area contributed by atoms with Crippen LogP contribution in [0.15, 0.2) is 103 Å². The summed E-state index contributed by atoms with van der Waals surface area (Å²) in [5.41, 5.74) is 11.4. The molecule has 0 saturated heterocycles. The first-order valence-corrected chi connectivity index (χ1v) is 15.2. The maximum Gasteiger partial charge on any atom is 0.242 e. The van der Waals surface area contributed by atoms with E-state index in [9.17, 15) is 0 Å². The van der Waals surface area contributed by atoms with E-state index < -0.39 is 0 Å². The van der Waals surface area contributed by atoms with Gasteiger partial charge in [-0.2, -0.15) is 10.4 Å². The molecule has 7 aromatic rings. The van der Waals surface area contributed by atoms with Crippen molar-refractivity contribution in [1.82, 2.24) is 46.2 Å².